The molecular formula is C60H65Cl2N7O10S. The third-order valence-corrected chi connectivity index (χ3v) is 14.4. The van der Waals surface area contributed by atoms with Crippen LogP contribution in [0, 0.1) is 38.0 Å². The van der Waals surface area contributed by atoms with E-state index in [-0.39, 0.29) is 74.2 Å². The van der Waals surface area contributed by atoms with Gasteiger partial charge in [0.2, 0.25) is 15.9 Å². The van der Waals surface area contributed by atoms with Crippen molar-refractivity contribution in [1.29, 1.82) is 5.26 Å². The number of hydrogen-bond donors (Lipinski definition) is 6. The van der Waals surface area contributed by atoms with E-state index in [9.17, 15) is 37.5 Å². The van der Waals surface area contributed by atoms with Crippen LogP contribution in [0.5, 0.6) is 11.5 Å². The number of aryl methyl sites for hydroxylation is 3. The van der Waals surface area contributed by atoms with Crippen LogP contribution in [-0.2, 0) is 37.2 Å². The van der Waals surface area contributed by atoms with Crippen molar-refractivity contribution in [2.24, 2.45) is 11.1 Å². The van der Waals surface area contributed by atoms with Crippen LogP contribution >= 0.6 is 23.2 Å². The molecule has 6 aromatic carbocycles. The van der Waals surface area contributed by atoms with Gasteiger partial charge in [-0.25, -0.2) is 18.4 Å². The maximum atomic E-state index is 13.8. The molecule has 7 rings (SSSR count). The predicted molar refractivity (Wildman–Crippen MR) is 307 cm³/mol. The van der Waals surface area contributed by atoms with Gasteiger partial charge in [-0.15, -0.1) is 0 Å². The third kappa shape index (κ3) is 17.9. The van der Waals surface area contributed by atoms with E-state index in [4.69, 9.17) is 43.1 Å². The van der Waals surface area contributed by atoms with E-state index in [0.717, 1.165) is 28.7 Å². The Bertz CT molecular complexity index is 3300. The van der Waals surface area contributed by atoms with Gasteiger partial charge in [-0.05, 0) is 135 Å². The highest BCUT2D eigenvalue weighted by Crippen LogP contribution is 2.28. The van der Waals surface area contributed by atoms with E-state index in [2.05, 4.69) is 21.3 Å². The van der Waals surface area contributed by atoms with E-state index in [1.54, 1.807) is 11.8 Å². The lowest BCUT2D eigenvalue weighted by atomic mass is 9.92. The van der Waals surface area contributed by atoms with Crippen molar-refractivity contribution in [3.8, 4) is 17.6 Å². The van der Waals surface area contributed by atoms with E-state index >= 15 is 0 Å². The molecule has 420 valence electrons. The summed E-state index contributed by atoms with van der Waals surface area (Å²) in [4.78, 5) is 66.7. The van der Waals surface area contributed by atoms with Crippen LogP contribution in [0.25, 0.3) is 0 Å². The zero-order valence-electron chi connectivity index (χ0n) is 45.0. The standard InChI is InChI=1S/C37H48N4O5.C23H17Cl2N3O5S/c1-25(2)34(41-20-12-19-38-37(41)45)36(44)39-30(21-28-15-7-5-8-16-28)23-32(42)31(22-29-17-9-6-10-18-29)40-33(43)24-46-35-26(3)13-11-14-27(35)4;1-13-6-18(34(27,31)32)3-4-20(13)28-22(29)12-33-21-5-2-16(24)10-19(21)23(30)15-7-14(11-26)8-17(25)9-15/h5-11,13-18,25,30-32,34,42H,12,19-24H2,1-4H3,(H,38,45)(H,39,44)(H,40,43);2-10H,12H2,1H3,(H,28,29)(H2,27,31,32)/t30-,31-,32-,34-;/m0./s1. The van der Waals surface area contributed by atoms with Crippen molar-refractivity contribution in [3.05, 3.63) is 188 Å². The predicted octanol–water partition coefficient (Wildman–Crippen LogP) is 8.40. The lowest BCUT2D eigenvalue weighted by Crippen LogP contribution is -2.59. The first-order valence-corrected chi connectivity index (χ1v) is 28.1. The Morgan fingerprint density at radius 1 is 0.775 bits per heavy atom. The minimum Gasteiger partial charge on any atom is -0.483 e. The first-order valence-electron chi connectivity index (χ1n) is 25.8. The monoisotopic (exact) mass is 1150 g/mol. The number of ketones is 1. The number of hydrogen-bond acceptors (Lipinski definition) is 11. The maximum Gasteiger partial charge on any atom is 0.318 e. The molecule has 1 heterocycles. The minimum atomic E-state index is -3.87. The van der Waals surface area contributed by atoms with Crippen LogP contribution in [0.4, 0.5) is 10.5 Å². The highest BCUT2D eigenvalue weighted by molar-refractivity contribution is 7.89. The fourth-order valence-electron chi connectivity index (χ4n) is 9.15. The zero-order chi connectivity index (χ0) is 58.1. The molecule has 20 heteroatoms. The van der Waals surface area contributed by atoms with Gasteiger partial charge in [0.05, 0.1) is 34.2 Å². The van der Waals surface area contributed by atoms with Crippen LogP contribution in [0.2, 0.25) is 10.0 Å². The summed E-state index contributed by atoms with van der Waals surface area (Å²) >= 11 is 12.1. The molecule has 7 N–H and O–H groups in total. The molecule has 6 aromatic rings. The number of aliphatic hydroxyl groups excluding tert-OH is 1. The second kappa shape index (κ2) is 28.9. The van der Waals surface area contributed by atoms with Crippen molar-refractivity contribution in [1.82, 2.24) is 20.9 Å². The van der Waals surface area contributed by atoms with Gasteiger partial charge in [-0.1, -0.05) is 116 Å². The molecule has 0 radical (unpaired) electrons. The van der Waals surface area contributed by atoms with Crippen molar-refractivity contribution >= 4 is 68.4 Å². The Kier molecular flexibility index (Phi) is 22.2. The number of sulfonamides is 1. The van der Waals surface area contributed by atoms with Crippen LogP contribution in [0.1, 0.15) is 76.0 Å². The second-order valence-electron chi connectivity index (χ2n) is 19.7. The average Bonchev–Trinajstić information content (AvgIpc) is 3.41. The number of ether oxygens (including phenoxy) is 2. The van der Waals surface area contributed by atoms with Gasteiger partial charge in [-0.2, -0.15) is 5.26 Å². The number of primary sulfonamides is 1. The Hall–Kier alpha value is -7.79. The highest BCUT2D eigenvalue weighted by Gasteiger charge is 2.36. The zero-order valence-corrected chi connectivity index (χ0v) is 47.3. The molecule has 0 unspecified atom stereocenters. The number of urea groups is 1. The maximum absolute atomic E-state index is 13.8. The van der Waals surface area contributed by atoms with E-state index in [0.29, 0.717) is 42.9 Å². The normalized spacial score (nSPS) is 13.7. The SMILES string of the molecule is Cc1cc(S(N)(=O)=O)ccc1NC(=O)COc1ccc(Cl)cc1C(=O)c1cc(Cl)cc(C#N)c1.Cc1cccc(C)c1OCC(=O)N[C@@H](Cc1ccccc1)[C@@H](O)C[C@H](Cc1ccccc1)NC(=O)[C@H](C(C)C)N1CCCNC1=O. The number of amides is 5. The molecule has 5 amide bonds. The summed E-state index contributed by atoms with van der Waals surface area (Å²) in [6.45, 7) is 9.80. The third-order valence-electron chi connectivity index (χ3n) is 13.0. The van der Waals surface area contributed by atoms with Crippen LogP contribution in [-0.4, -0.2) is 98.5 Å². The number of carbonyl (C=O) groups is 5. The smallest absolute Gasteiger partial charge is 0.318 e. The molecule has 17 nitrogen and oxygen atoms in total. The molecule has 1 aliphatic rings. The quantitative estimate of drug-likeness (QED) is 0.0352. The van der Waals surface area contributed by atoms with Crippen LogP contribution in [0.3, 0.4) is 0 Å². The number of nitrogens with zero attached hydrogens (tertiary/aromatic N) is 2. The van der Waals surface area contributed by atoms with Crippen molar-refractivity contribution in [3.63, 3.8) is 0 Å². The molecule has 0 aromatic heterocycles. The van der Waals surface area contributed by atoms with Crippen LogP contribution in [0.15, 0.2) is 138 Å². The van der Waals surface area contributed by atoms with E-state index in [1.165, 1.54) is 54.6 Å². The summed E-state index contributed by atoms with van der Waals surface area (Å²) in [5, 5.41) is 38.1. The molecule has 0 aliphatic carbocycles. The molecule has 0 spiro atoms. The largest absolute Gasteiger partial charge is 0.483 e. The number of benzene rings is 6. The van der Waals surface area contributed by atoms with Crippen molar-refractivity contribution in [2.75, 3.05) is 31.6 Å². The minimum absolute atomic E-state index is 0.0795. The summed E-state index contributed by atoms with van der Waals surface area (Å²) in [5.41, 5.74) is 5.15. The molecule has 4 atom stereocenters. The lowest BCUT2D eigenvalue weighted by molar-refractivity contribution is -0.128. The van der Waals surface area contributed by atoms with Crippen LogP contribution < -0.4 is 35.9 Å². The number of anilines is 1. The van der Waals surface area contributed by atoms with E-state index in [1.807, 2.05) is 113 Å². The number of para-hydroxylation sites is 1. The molecule has 0 saturated carbocycles. The Balaban J connectivity index is 0.000000270. The molecule has 80 heavy (non-hydrogen) atoms. The number of rotatable bonds is 22. The summed E-state index contributed by atoms with van der Waals surface area (Å²) in [6, 6.07) is 37.8. The van der Waals surface area contributed by atoms with Gasteiger partial charge < -0.3 is 40.7 Å². The number of carbonyl (C=O) groups excluding carboxylic acids is 5. The first kappa shape index (κ1) is 61.4. The summed E-state index contributed by atoms with van der Waals surface area (Å²) < 4.78 is 34.4. The van der Waals surface area contributed by atoms with Gasteiger partial charge in [-0.3, -0.25) is 19.2 Å². The van der Waals surface area contributed by atoms with Gasteiger partial charge >= 0.3 is 6.03 Å². The Morgan fingerprint density at radius 3 is 2.04 bits per heavy atom. The molecule has 0 bridgehead atoms. The number of nitriles is 1. The summed E-state index contributed by atoms with van der Waals surface area (Å²) in [7, 11) is -3.87. The molecular weight excluding hydrogens is 1080 g/mol. The summed E-state index contributed by atoms with van der Waals surface area (Å²) in [6.07, 6.45) is 0.831. The molecule has 1 saturated heterocycles. The topological polar surface area (TPSA) is 259 Å². The Labute approximate surface area is 476 Å². The van der Waals surface area contributed by atoms with Gasteiger partial charge in [0.1, 0.15) is 17.5 Å². The lowest BCUT2D eigenvalue weighted by Gasteiger charge is -2.37. The van der Waals surface area contributed by atoms with Gasteiger partial charge in [0, 0.05) is 40.4 Å². The number of nitrogens with one attached hydrogen (secondary N) is 4. The summed E-state index contributed by atoms with van der Waals surface area (Å²) in [5.74, 6) is -0.989. The van der Waals surface area contributed by atoms with Crippen molar-refractivity contribution in [2.45, 2.75) is 89.4 Å². The first-order chi connectivity index (χ1) is 38.1. The average molecular weight is 1150 g/mol. The van der Waals surface area contributed by atoms with Gasteiger partial charge in [0.15, 0.2) is 19.0 Å². The second-order valence-corrected chi connectivity index (χ2v) is 22.1. The highest BCUT2D eigenvalue weighted by atomic mass is 35.5. The number of halogens is 2. The van der Waals surface area contributed by atoms with Crippen molar-refractivity contribution < 1.29 is 47.0 Å². The van der Waals surface area contributed by atoms with Gasteiger partial charge in [0.25, 0.3) is 11.8 Å². The number of aliphatic hydroxyl groups is 1. The fourth-order valence-corrected chi connectivity index (χ4v) is 10.2. The van der Waals surface area contributed by atoms with E-state index < -0.39 is 52.6 Å². The molecule has 1 fully saturated rings. The Morgan fingerprint density at radius 2 is 1.43 bits per heavy atom. The molecule has 1 aliphatic heterocycles. The fraction of sp³-hybridized carbons (Fsp3) is 0.300. The number of nitrogens with two attached hydrogens (primary N) is 1.